The van der Waals surface area contributed by atoms with Crippen LogP contribution >= 0.6 is 0 Å². The molecule has 0 aromatic rings. The standard InChI is InChI=1S/C19H26O2/c1-18-10-3-4-14(18)13-7-5-12-6-8-16(20)17(21)19(12,2)15(13)9-11-18/h9,11-15H,3-8,10H2,1-2H3/t12?,13-,14-,15-,18-,19-/m0/s1. The number of hydrogen-bond acceptors (Lipinski definition) is 2. The summed E-state index contributed by atoms with van der Waals surface area (Å²) in [6, 6.07) is 0. The van der Waals surface area contributed by atoms with Gasteiger partial charge in [0.2, 0.25) is 5.78 Å². The Balaban J connectivity index is 1.77. The molecule has 0 radical (unpaired) electrons. The number of ketones is 2. The van der Waals surface area contributed by atoms with Crippen molar-refractivity contribution >= 4 is 11.6 Å². The van der Waals surface area contributed by atoms with Crippen molar-refractivity contribution in [2.24, 2.45) is 34.5 Å². The number of rotatable bonds is 0. The molecule has 0 aliphatic heterocycles. The highest BCUT2D eigenvalue weighted by molar-refractivity contribution is 6.39. The number of hydrogen-bond donors (Lipinski definition) is 0. The molecule has 4 aliphatic rings. The van der Waals surface area contributed by atoms with Gasteiger partial charge in [0.05, 0.1) is 0 Å². The van der Waals surface area contributed by atoms with E-state index in [1.807, 2.05) is 0 Å². The Labute approximate surface area is 127 Å². The molecule has 0 saturated heterocycles. The Bertz CT molecular complexity index is 534. The van der Waals surface area contributed by atoms with Gasteiger partial charge in [-0.15, -0.1) is 0 Å². The van der Waals surface area contributed by atoms with Gasteiger partial charge in [-0.05, 0) is 61.2 Å². The maximum Gasteiger partial charge on any atom is 0.205 e. The second kappa shape index (κ2) is 4.30. The molecular weight excluding hydrogens is 260 g/mol. The van der Waals surface area contributed by atoms with Crippen molar-refractivity contribution in [1.29, 1.82) is 0 Å². The van der Waals surface area contributed by atoms with E-state index in [9.17, 15) is 9.59 Å². The van der Waals surface area contributed by atoms with Crippen LogP contribution in [0.4, 0.5) is 0 Å². The molecule has 3 saturated carbocycles. The van der Waals surface area contributed by atoms with Crippen LogP contribution in [-0.2, 0) is 9.59 Å². The van der Waals surface area contributed by atoms with Crippen molar-refractivity contribution in [2.45, 2.75) is 58.8 Å². The summed E-state index contributed by atoms with van der Waals surface area (Å²) in [5.74, 6) is 1.93. The fourth-order valence-corrected chi connectivity index (χ4v) is 6.34. The minimum atomic E-state index is -0.404. The number of carbonyl (C=O) groups is 2. The fourth-order valence-electron chi connectivity index (χ4n) is 6.34. The molecule has 0 aromatic carbocycles. The molecule has 0 N–H and O–H groups in total. The smallest absolute Gasteiger partial charge is 0.205 e. The topological polar surface area (TPSA) is 34.1 Å². The van der Waals surface area contributed by atoms with E-state index in [1.54, 1.807) is 0 Å². The van der Waals surface area contributed by atoms with E-state index in [4.69, 9.17) is 0 Å². The molecule has 3 fully saturated rings. The molecule has 21 heavy (non-hydrogen) atoms. The van der Waals surface area contributed by atoms with Gasteiger partial charge in [-0.25, -0.2) is 0 Å². The first-order chi connectivity index (χ1) is 9.97. The normalized spacial score (nSPS) is 52.3. The van der Waals surface area contributed by atoms with Gasteiger partial charge in [-0.3, -0.25) is 9.59 Å². The number of Topliss-reactive ketones (excluding diaryl/α,β-unsaturated/α-hetero) is 2. The molecule has 1 unspecified atom stereocenters. The Hall–Kier alpha value is -0.920. The average molecular weight is 286 g/mol. The lowest BCUT2D eigenvalue weighted by Gasteiger charge is -2.56. The number of allylic oxidation sites excluding steroid dienone is 2. The summed E-state index contributed by atoms with van der Waals surface area (Å²) in [7, 11) is 0. The highest BCUT2D eigenvalue weighted by atomic mass is 16.2. The van der Waals surface area contributed by atoms with Gasteiger partial charge >= 0.3 is 0 Å². The second-order valence-corrected chi connectivity index (χ2v) is 8.40. The third-order valence-electron chi connectivity index (χ3n) is 7.59. The maximum atomic E-state index is 12.7. The molecule has 6 atom stereocenters. The second-order valence-electron chi connectivity index (χ2n) is 8.40. The van der Waals surface area contributed by atoms with Gasteiger partial charge in [-0.1, -0.05) is 32.4 Å². The predicted molar refractivity (Wildman–Crippen MR) is 81.6 cm³/mol. The Morgan fingerprint density at radius 2 is 1.90 bits per heavy atom. The van der Waals surface area contributed by atoms with Crippen LogP contribution in [0.3, 0.4) is 0 Å². The molecule has 2 nitrogen and oxygen atoms in total. The van der Waals surface area contributed by atoms with Crippen LogP contribution < -0.4 is 0 Å². The molecule has 114 valence electrons. The molecule has 0 bridgehead atoms. The first-order valence-corrected chi connectivity index (χ1v) is 8.74. The van der Waals surface area contributed by atoms with Crippen molar-refractivity contribution < 1.29 is 9.59 Å². The van der Waals surface area contributed by atoms with Crippen molar-refractivity contribution in [2.75, 3.05) is 0 Å². The van der Waals surface area contributed by atoms with Gasteiger partial charge in [-0.2, -0.15) is 0 Å². The monoisotopic (exact) mass is 286 g/mol. The largest absolute Gasteiger partial charge is 0.291 e. The van der Waals surface area contributed by atoms with Gasteiger partial charge < -0.3 is 0 Å². The van der Waals surface area contributed by atoms with Crippen LogP contribution in [0.15, 0.2) is 12.2 Å². The number of fused-ring (bicyclic) bond motifs is 5. The van der Waals surface area contributed by atoms with Gasteiger partial charge in [0, 0.05) is 11.8 Å². The first kappa shape index (κ1) is 13.7. The molecule has 2 heteroatoms. The van der Waals surface area contributed by atoms with Crippen molar-refractivity contribution in [1.82, 2.24) is 0 Å². The highest BCUT2D eigenvalue weighted by Crippen LogP contribution is 2.62. The molecule has 4 rings (SSSR count). The summed E-state index contributed by atoms with van der Waals surface area (Å²) < 4.78 is 0. The van der Waals surface area contributed by atoms with E-state index in [-0.39, 0.29) is 11.6 Å². The summed E-state index contributed by atoms with van der Waals surface area (Å²) >= 11 is 0. The van der Waals surface area contributed by atoms with E-state index in [2.05, 4.69) is 26.0 Å². The van der Waals surface area contributed by atoms with Crippen LogP contribution in [0.1, 0.15) is 58.8 Å². The van der Waals surface area contributed by atoms with E-state index < -0.39 is 5.41 Å². The molecular formula is C19H26O2. The quantitative estimate of drug-likeness (QED) is 0.499. The fraction of sp³-hybridized carbons (Fsp3) is 0.789. The van der Waals surface area contributed by atoms with Crippen LogP contribution in [0, 0.1) is 34.5 Å². The lowest BCUT2D eigenvalue weighted by molar-refractivity contribution is -0.155. The molecule has 0 spiro atoms. The average Bonchev–Trinajstić information content (AvgIpc) is 2.86. The molecule has 0 amide bonds. The van der Waals surface area contributed by atoms with Crippen molar-refractivity contribution in [3.63, 3.8) is 0 Å². The highest BCUT2D eigenvalue weighted by Gasteiger charge is 2.59. The van der Waals surface area contributed by atoms with E-state index in [0.717, 1.165) is 18.8 Å². The van der Waals surface area contributed by atoms with Crippen LogP contribution in [0.2, 0.25) is 0 Å². The predicted octanol–water partition coefficient (Wildman–Crippen LogP) is 3.94. The van der Waals surface area contributed by atoms with Crippen LogP contribution in [-0.4, -0.2) is 11.6 Å². The SMILES string of the molecule is C[C@]12C(=O)C(=O)CCC1CC[C@@H]1[C@@H]2C=C[C@]2(C)CCC[C@@H]12. The summed E-state index contributed by atoms with van der Waals surface area (Å²) in [4.78, 5) is 24.8. The van der Waals surface area contributed by atoms with E-state index >= 15 is 0 Å². The zero-order valence-electron chi connectivity index (χ0n) is 13.2. The Morgan fingerprint density at radius 3 is 2.71 bits per heavy atom. The molecule has 0 aromatic heterocycles. The third-order valence-corrected chi connectivity index (χ3v) is 7.59. The third kappa shape index (κ3) is 1.65. The van der Waals surface area contributed by atoms with Gasteiger partial charge in [0.15, 0.2) is 5.78 Å². The summed E-state index contributed by atoms with van der Waals surface area (Å²) in [6.45, 7) is 4.51. The number of carbonyl (C=O) groups excluding carboxylic acids is 2. The van der Waals surface area contributed by atoms with Crippen LogP contribution in [0.5, 0.6) is 0 Å². The van der Waals surface area contributed by atoms with Crippen molar-refractivity contribution in [3.05, 3.63) is 12.2 Å². The van der Waals surface area contributed by atoms with E-state index in [1.165, 1.54) is 25.7 Å². The minimum absolute atomic E-state index is 0.0558. The molecule has 0 heterocycles. The Morgan fingerprint density at radius 1 is 1.10 bits per heavy atom. The summed E-state index contributed by atoms with van der Waals surface area (Å²) in [6.07, 6.45) is 12.5. The minimum Gasteiger partial charge on any atom is -0.291 e. The van der Waals surface area contributed by atoms with E-state index in [0.29, 0.717) is 29.6 Å². The zero-order chi connectivity index (χ0) is 14.8. The van der Waals surface area contributed by atoms with Gasteiger partial charge in [0.25, 0.3) is 0 Å². The Kier molecular flexibility index (Phi) is 2.81. The summed E-state index contributed by atoms with van der Waals surface area (Å²) in [5.41, 5.74) is -0.0508. The van der Waals surface area contributed by atoms with Crippen molar-refractivity contribution in [3.8, 4) is 0 Å². The summed E-state index contributed by atoms with van der Waals surface area (Å²) in [5, 5.41) is 0. The maximum absolute atomic E-state index is 12.7. The van der Waals surface area contributed by atoms with Gasteiger partial charge in [0.1, 0.15) is 0 Å². The lowest BCUT2D eigenvalue weighted by Crippen LogP contribution is -2.56. The van der Waals surface area contributed by atoms with Crippen LogP contribution in [0.25, 0.3) is 0 Å². The lowest BCUT2D eigenvalue weighted by atomic mass is 9.47. The zero-order valence-corrected chi connectivity index (χ0v) is 13.2. The first-order valence-electron chi connectivity index (χ1n) is 8.74. The molecule has 4 aliphatic carbocycles.